The summed E-state index contributed by atoms with van der Waals surface area (Å²) in [6.45, 7) is 2.91. The summed E-state index contributed by atoms with van der Waals surface area (Å²) in [5.74, 6) is 0. The van der Waals surface area contributed by atoms with Crippen molar-refractivity contribution in [1.82, 2.24) is 19.4 Å². The Kier molecular flexibility index (Phi) is 3.32. The summed E-state index contributed by atoms with van der Waals surface area (Å²) in [5, 5.41) is 1.31. The van der Waals surface area contributed by atoms with Gasteiger partial charge in [0.25, 0.3) is 0 Å². The van der Waals surface area contributed by atoms with E-state index in [-0.39, 0.29) is 0 Å². The Morgan fingerprint density at radius 1 is 1.32 bits per heavy atom. The molecule has 3 heterocycles. The van der Waals surface area contributed by atoms with Crippen LogP contribution in [0.2, 0.25) is 0 Å². The lowest BCUT2D eigenvalue weighted by Crippen LogP contribution is -2.31. The molecule has 0 amide bonds. The van der Waals surface area contributed by atoms with Gasteiger partial charge in [-0.3, -0.25) is 4.90 Å². The number of H-pyrrole nitrogens is 1. The second-order valence-corrected chi connectivity index (χ2v) is 6.29. The highest BCUT2D eigenvalue weighted by atomic mass is 32.1. The second kappa shape index (κ2) is 5.34. The summed E-state index contributed by atoms with van der Waals surface area (Å²) in [5.41, 5.74) is 5.14. The van der Waals surface area contributed by atoms with Gasteiger partial charge in [-0.2, -0.15) is 0 Å². The van der Waals surface area contributed by atoms with Crippen molar-refractivity contribution in [2.24, 2.45) is 7.05 Å². The molecule has 0 unspecified atom stereocenters. The maximum atomic E-state index is 5.14. The fourth-order valence-corrected chi connectivity index (χ4v) is 3.43. The van der Waals surface area contributed by atoms with Gasteiger partial charge in [0.2, 0.25) is 0 Å². The van der Waals surface area contributed by atoms with Crippen LogP contribution in [0.5, 0.6) is 0 Å². The SMILES string of the molecule is Cn1c(CN2CCc3cnc(=S)[nH]c3C2)cc2ccccc21. The average Bonchev–Trinajstić information content (AvgIpc) is 2.84. The van der Waals surface area contributed by atoms with Gasteiger partial charge < -0.3 is 9.55 Å². The molecule has 4 nitrogen and oxygen atoms in total. The molecule has 0 radical (unpaired) electrons. The van der Waals surface area contributed by atoms with Crippen molar-refractivity contribution in [3.05, 3.63) is 58.3 Å². The van der Waals surface area contributed by atoms with E-state index in [0.717, 1.165) is 26.1 Å². The number of hydrogen-bond acceptors (Lipinski definition) is 3. The number of aromatic amines is 1. The predicted molar refractivity (Wildman–Crippen MR) is 90.2 cm³/mol. The van der Waals surface area contributed by atoms with Crippen LogP contribution in [0.1, 0.15) is 17.0 Å². The van der Waals surface area contributed by atoms with Crippen molar-refractivity contribution >= 4 is 23.1 Å². The summed E-state index contributed by atoms with van der Waals surface area (Å²) >= 11 is 5.14. The Labute approximate surface area is 134 Å². The number of nitrogens with one attached hydrogen (secondary N) is 1. The zero-order valence-corrected chi connectivity index (χ0v) is 13.4. The van der Waals surface area contributed by atoms with E-state index in [1.807, 2.05) is 6.20 Å². The molecule has 112 valence electrons. The largest absolute Gasteiger partial charge is 0.346 e. The van der Waals surface area contributed by atoms with Gasteiger partial charge in [0.05, 0.1) is 0 Å². The Balaban J connectivity index is 1.61. The lowest BCUT2D eigenvalue weighted by atomic mass is 10.1. The first kappa shape index (κ1) is 13.7. The summed E-state index contributed by atoms with van der Waals surface area (Å²) in [4.78, 5) is 9.88. The van der Waals surface area contributed by atoms with Crippen molar-refractivity contribution in [1.29, 1.82) is 0 Å². The van der Waals surface area contributed by atoms with Gasteiger partial charge in [-0.25, -0.2) is 4.98 Å². The highest BCUT2D eigenvalue weighted by molar-refractivity contribution is 7.71. The maximum absolute atomic E-state index is 5.14. The minimum absolute atomic E-state index is 0.574. The molecular weight excluding hydrogens is 292 g/mol. The van der Waals surface area contributed by atoms with Gasteiger partial charge in [0, 0.05) is 49.8 Å². The van der Waals surface area contributed by atoms with Crippen LogP contribution in [0.15, 0.2) is 36.5 Å². The Morgan fingerprint density at radius 2 is 2.18 bits per heavy atom. The van der Waals surface area contributed by atoms with Crippen molar-refractivity contribution in [3.63, 3.8) is 0 Å². The molecule has 0 bridgehead atoms. The minimum atomic E-state index is 0.574. The number of aromatic nitrogens is 3. The van der Waals surface area contributed by atoms with E-state index in [1.54, 1.807) is 0 Å². The third kappa shape index (κ3) is 2.36. The van der Waals surface area contributed by atoms with Crippen molar-refractivity contribution in [2.75, 3.05) is 6.54 Å². The molecule has 0 atom stereocenters. The van der Waals surface area contributed by atoms with Crippen molar-refractivity contribution in [3.8, 4) is 0 Å². The van der Waals surface area contributed by atoms with Gasteiger partial charge in [-0.1, -0.05) is 18.2 Å². The fourth-order valence-electron chi connectivity index (χ4n) is 3.26. The molecule has 1 aromatic carbocycles. The van der Waals surface area contributed by atoms with E-state index in [9.17, 15) is 0 Å². The molecule has 1 N–H and O–H groups in total. The zero-order chi connectivity index (χ0) is 15.1. The van der Waals surface area contributed by atoms with E-state index in [2.05, 4.69) is 56.8 Å². The predicted octanol–water partition coefficient (Wildman–Crippen LogP) is 3.19. The normalized spacial score (nSPS) is 15.1. The summed E-state index contributed by atoms with van der Waals surface area (Å²) in [6, 6.07) is 10.8. The molecule has 1 aliphatic heterocycles. The van der Waals surface area contributed by atoms with Crippen molar-refractivity contribution in [2.45, 2.75) is 19.5 Å². The van der Waals surface area contributed by atoms with Crippen LogP contribution < -0.4 is 0 Å². The summed E-state index contributed by atoms with van der Waals surface area (Å²) < 4.78 is 2.87. The molecule has 0 saturated carbocycles. The van der Waals surface area contributed by atoms with Gasteiger partial charge >= 0.3 is 0 Å². The van der Waals surface area contributed by atoms with E-state index >= 15 is 0 Å². The smallest absolute Gasteiger partial charge is 0.196 e. The first-order chi connectivity index (χ1) is 10.7. The van der Waals surface area contributed by atoms with Crippen LogP contribution in [0, 0.1) is 4.77 Å². The average molecular weight is 310 g/mol. The lowest BCUT2D eigenvalue weighted by molar-refractivity contribution is 0.236. The molecule has 5 heteroatoms. The first-order valence-electron chi connectivity index (χ1n) is 7.53. The Bertz CT molecular complexity index is 893. The highest BCUT2D eigenvalue weighted by Crippen LogP contribution is 2.22. The van der Waals surface area contributed by atoms with Crippen LogP contribution >= 0.6 is 12.2 Å². The fraction of sp³-hybridized carbons (Fsp3) is 0.294. The van der Waals surface area contributed by atoms with Crippen LogP contribution in [-0.2, 0) is 26.6 Å². The van der Waals surface area contributed by atoms with Gasteiger partial charge in [0.1, 0.15) is 0 Å². The molecule has 3 aromatic rings. The summed E-state index contributed by atoms with van der Waals surface area (Å²) in [7, 11) is 2.15. The van der Waals surface area contributed by atoms with E-state index < -0.39 is 0 Å². The molecule has 0 aliphatic carbocycles. The number of para-hydroxylation sites is 1. The molecule has 22 heavy (non-hydrogen) atoms. The van der Waals surface area contributed by atoms with Crippen LogP contribution in [-0.4, -0.2) is 26.0 Å². The van der Waals surface area contributed by atoms with E-state index in [0.29, 0.717) is 4.77 Å². The third-order valence-corrected chi connectivity index (χ3v) is 4.71. The standard InChI is InChI=1S/C17H18N4S/c1-20-14(8-12-4-2-3-5-16(12)20)10-21-7-6-13-9-18-17(22)19-15(13)11-21/h2-5,8-9H,6-7,10-11H2,1H3,(H,18,19,22). The zero-order valence-electron chi connectivity index (χ0n) is 12.5. The lowest BCUT2D eigenvalue weighted by Gasteiger charge is -2.28. The summed E-state index contributed by atoms with van der Waals surface area (Å²) in [6.07, 6.45) is 2.95. The quantitative estimate of drug-likeness (QED) is 0.739. The van der Waals surface area contributed by atoms with Gasteiger partial charge in [0.15, 0.2) is 4.77 Å². The molecule has 0 saturated heterocycles. The molecular formula is C17H18N4S. The van der Waals surface area contributed by atoms with Gasteiger partial charge in [-0.05, 0) is 41.7 Å². The van der Waals surface area contributed by atoms with Gasteiger partial charge in [-0.15, -0.1) is 0 Å². The monoisotopic (exact) mass is 310 g/mol. The maximum Gasteiger partial charge on any atom is 0.196 e. The van der Waals surface area contributed by atoms with Crippen molar-refractivity contribution < 1.29 is 0 Å². The van der Waals surface area contributed by atoms with Crippen LogP contribution in [0.4, 0.5) is 0 Å². The molecule has 1 aliphatic rings. The highest BCUT2D eigenvalue weighted by Gasteiger charge is 2.18. The topological polar surface area (TPSA) is 36.9 Å². The Hall–Kier alpha value is -1.98. The first-order valence-corrected chi connectivity index (χ1v) is 7.94. The molecule has 2 aromatic heterocycles. The van der Waals surface area contributed by atoms with Crippen LogP contribution in [0.25, 0.3) is 10.9 Å². The number of rotatable bonds is 2. The number of fused-ring (bicyclic) bond motifs is 2. The molecule has 0 fully saturated rings. The number of benzene rings is 1. The third-order valence-electron chi connectivity index (χ3n) is 4.50. The van der Waals surface area contributed by atoms with E-state index in [1.165, 1.54) is 27.9 Å². The molecule has 4 rings (SSSR count). The van der Waals surface area contributed by atoms with Crippen LogP contribution in [0.3, 0.4) is 0 Å². The number of aryl methyl sites for hydroxylation is 1. The van der Waals surface area contributed by atoms with E-state index in [4.69, 9.17) is 12.2 Å². The second-order valence-electron chi connectivity index (χ2n) is 5.91. The minimum Gasteiger partial charge on any atom is -0.346 e. The number of nitrogens with zero attached hydrogens (tertiary/aromatic N) is 3. The number of hydrogen-bond donors (Lipinski definition) is 1. The Morgan fingerprint density at radius 3 is 3.05 bits per heavy atom. The molecule has 0 spiro atoms.